The lowest BCUT2D eigenvalue weighted by Crippen LogP contribution is -2.23. The number of nitrogen functional groups attached to an aromatic ring is 1. The van der Waals surface area contributed by atoms with Crippen molar-refractivity contribution in [2.45, 2.75) is 0 Å². The molecule has 1 aromatic heterocycles. The largest absolute Gasteiger partial charge is 0.504 e. The number of amidine groups is 2. The Morgan fingerprint density at radius 2 is 1.85 bits per heavy atom. The van der Waals surface area contributed by atoms with Gasteiger partial charge in [0.15, 0.2) is 11.5 Å². The van der Waals surface area contributed by atoms with Gasteiger partial charge in [0.05, 0.1) is 13.7 Å². The molecule has 2 heterocycles. The molecule has 1 aliphatic heterocycles. The molecule has 1 aliphatic rings. The Bertz CT molecular complexity index is 1300. The first-order chi connectivity index (χ1) is 16.3. The van der Waals surface area contributed by atoms with Crippen LogP contribution in [0.25, 0.3) is 0 Å². The van der Waals surface area contributed by atoms with Crippen molar-refractivity contribution in [3.8, 4) is 34.8 Å². The summed E-state index contributed by atoms with van der Waals surface area (Å²) >= 11 is 0. The molecule has 2 aromatic carbocycles. The van der Waals surface area contributed by atoms with Crippen LogP contribution in [0.1, 0.15) is 11.1 Å². The Balaban J connectivity index is 1.71. The zero-order valence-electron chi connectivity index (χ0n) is 18.3. The number of pyridine rings is 1. The van der Waals surface area contributed by atoms with Gasteiger partial charge in [-0.2, -0.15) is 13.8 Å². The van der Waals surface area contributed by atoms with Gasteiger partial charge >= 0.3 is 0 Å². The van der Waals surface area contributed by atoms with Crippen molar-refractivity contribution in [3.05, 3.63) is 65.2 Å². The van der Waals surface area contributed by atoms with E-state index in [1.54, 1.807) is 18.2 Å². The maximum Gasteiger partial charge on any atom is 0.263 e. The molecule has 9 nitrogen and oxygen atoms in total. The van der Waals surface area contributed by atoms with Gasteiger partial charge in [-0.05, 0) is 30.3 Å². The van der Waals surface area contributed by atoms with E-state index in [0.717, 1.165) is 25.1 Å². The highest BCUT2D eigenvalue weighted by molar-refractivity contribution is 6.00. The number of aromatic nitrogens is 1. The SMILES string of the molecule is COc1c(F)c(Oc2cccc(C3=NCCN3C)c2)nc(Oc2cc(C(=N)N)ccc2O)c1F. The molecule has 4 rings (SSSR count). The number of rotatable bonds is 7. The van der Waals surface area contributed by atoms with E-state index in [4.69, 9.17) is 25.4 Å². The summed E-state index contributed by atoms with van der Waals surface area (Å²) in [4.78, 5) is 10.2. The normalized spacial score (nSPS) is 12.9. The number of nitrogens with one attached hydrogen (secondary N) is 1. The number of phenols is 1. The lowest BCUT2D eigenvalue weighted by molar-refractivity contribution is 0.313. The first-order valence-corrected chi connectivity index (χ1v) is 10.1. The summed E-state index contributed by atoms with van der Waals surface area (Å²) in [6, 6.07) is 10.6. The Hall–Kier alpha value is -4.41. The number of halogens is 2. The molecule has 0 radical (unpaired) electrons. The Kier molecular flexibility index (Phi) is 6.17. The fourth-order valence-corrected chi connectivity index (χ4v) is 3.32. The molecule has 0 amide bonds. The number of aromatic hydroxyl groups is 1. The van der Waals surface area contributed by atoms with Gasteiger partial charge in [0.2, 0.25) is 17.4 Å². The molecule has 0 atom stereocenters. The standard InChI is InChI=1S/C23H21F2N5O4/c1-30-9-8-28-21(30)13-4-3-5-14(10-13)33-22-17(24)19(32-2)18(25)23(29-22)34-16-11-12(20(26)27)6-7-15(16)31/h3-7,10-11,31H,8-9H2,1-2H3,(H3,26,27). The van der Waals surface area contributed by atoms with E-state index in [9.17, 15) is 13.9 Å². The molecular weight excluding hydrogens is 448 g/mol. The van der Waals surface area contributed by atoms with E-state index >= 15 is 0 Å². The van der Waals surface area contributed by atoms with Crippen LogP contribution in [0.4, 0.5) is 8.78 Å². The second kappa shape index (κ2) is 9.22. The fourth-order valence-electron chi connectivity index (χ4n) is 3.32. The molecule has 0 aliphatic carbocycles. The predicted octanol–water partition coefficient (Wildman–Crippen LogP) is 3.63. The Labute approximate surface area is 193 Å². The van der Waals surface area contributed by atoms with Crippen LogP contribution in [-0.2, 0) is 0 Å². The highest BCUT2D eigenvalue weighted by Crippen LogP contribution is 2.39. The van der Waals surface area contributed by atoms with Crippen molar-refractivity contribution in [1.29, 1.82) is 5.41 Å². The predicted molar refractivity (Wildman–Crippen MR) is 120 cm³/mol. The average molecular weight is 469 g/mol. The zero-order chi connectivity index (χ0) is 24.4. The monoisotopic (exact) mass is 469 g/mol. The summed E-state index contributed by atoms with van der Waals surface area (Å²) in [6.45, 7) is 1.45. The number of phenolic OH excluding ortho intramolecular Hbond substituents is 1. The number of benzene rings is 2. The smallest absolute Gasteiger partial charge is 0.263 e. The summed E-state index contributed by atoms with van der Waals surface area (Å²) in [6.07, 6.45) is 0. The van der Waals surface area contributed by atoms with Crippen LogP contribution in [-0.4, -0.2) is 53.9 Å². The maximum absolute atomic E-state index is 14.9. The number of hydrogen-bond donors (Lipinski definition) is 3. The number of methoxy groups -OCH3 is 1. The molecule has 11 heteroatoms. The van der Waals surface area contributed by atoms with Crippen LogP contribution < -0.4 is 19.9 Å². The molecule has 3 aromatic rings. The van der Waals surface area contributed by atoms with Gasteiger partial charge in [-0.25, -0.2) is 0 Å². The summed E-state index contributed by atoms with van der Waals surface area (Å²) in [7, 11) is 2.99. The van der Waals surface area contributed by atoms with Crippen LogP contribution in [0.3, 0.4) is 0 Å². The number of aliphatic imine (C=N–C) groups is 1. The number of nitrogens with zero attached hydrogens (tertiary/aromatic N) is 3. The lowest BCUT2D eigenvalue weighted by atomic mass is 10.2. The van der Waals surface area contributed by atoms with Crippen molar-refractivity contribution in [2.75, 3.05) is 27.2 Å². The molecule has 176 valence electrons. The molecule has 4 N–H and O–H groups in total. The zero-order valence-corrected chi connectivity index (χ0v) is 18.3. The van der Waals surface area contributed by atoms with Crippen LogP contribution in [0, 0.1) is 17.0 Å². The minimum Gasteiger partial charge on any atom is -0.504 e. The minimum atomic E-state index is -1.24. The number of ether oxygens (including phenoxy) is 3. The fraction of sp³-hybridized carbons (Fsp3) is 0.174. The third-order valence-corrected chi connectivity index (χ3v) is 5.02. The van der Waals surface area contributed by atoms with Crippen molar-refractivity contribution < 1.29 is 28.1 Å². The van der Waals surface area contributed by atoms with E-state index in [-0.39, 0.29) is 28.6 Å². The summed E-state index contributed by atoms with van der Waals surface area (Å²) < 4.78 is 45.6. The second-order valence-electron chi connectivity index (χ2n) is 7.34. The number of hydrogen-bond acceptors (Lipinski definition) is 8. The van der Waals surface area contributed by atoms with Crippen LogP contribution in [0.2, 0.25) is 0 Å². The number of nitrogens with two attached hydrogens (primary N) is 1. The van der Waals surface area contributed by atoms with Gasteiger partial charge in [-0.3, -0.25) is 10.4 Å². The van der Waals surface area contributed by atoms with E-state index in [0.29, 0.717) is 6.54 Å². The second-order valence-corrected chi connectivity index (χ2v) is 7.34. The minimum absolute atomic E-state index is 0.218. The molecule has 0 saturated heterocycles. The van der Waals surface area contributed by atoms with Crippen LogP contribution in [0.15, 0.2) is 47.5 Å². The number of likely N-dealkylation sites (N-methyl/N-ethyl adjacent to an activating group) is 1. The Morgan fingerprint density at radius 1 is 1.12 bits per heavy atom. The molecule has 0 saturated carbocycles. The van der Waals surface area contributed by atoms with Crippen LogP contribution >= 0.6 is 0 Å². The first kappa shape index (κ1) is 22.8. The van der Waals surface area contributed by atoms with E-state index in [2.05, 4.69) is 9.98 Å². The summed E-state index contributed by atoms with van der Waals surface area (Å²) in [5.41, 5.74) is 6.43. The van der Waals surface area contributed by atoms with Crippen molar-refractivity contribution in [1.82, 2.24) is 9.88 Å². The van der Waals surface area contributed by atoms with Crippen molar-refractivity contribution in [2.24, 2.45) is 10.7 Å². The summed E-state index contributed by atoms with van der Waals surface area (Å²) in [5.74, 6) is -4.42. The van der Waals surface area contributed by atoms with Gasteiger partial charge in [0.1, 0.15) is 17.4 Å². The quantitative estimate of drug-likeness (QED) is 0.356. The third kappa shape index (κ3) is 4.40. The highest BCUT2D eigenvalue weighted by Gasteiger charge is 2.25. The lowest BCUT2D eigenvalue weighted by Gasteiger charge is -2.16. The van der Waals surface area contributed by atoms with Gasteiger partial charge < -0.3 is 30.0 Å². The molecule has 0 unspecified atom stereocenters. The van der Waals surface area contributed by atoms with Gasteiger partial charge in [0.25, 0.3) is 11.8 Å². The van der Waals surface area contributed by atoms with E-state index in [1.807, 2.05) is 18.0 Å². The van der Waals surface area contributed by atoms with Gasteiger partial charge in [-0.15, -0.1) is 0 Å². The third-order valence-electron chi connectivity index (χ3n) is 5.02. The maximum atomic E-state index is 14.9. The van der Waals surface area contributed by atoms with Crippen molar-refractivity contribution in [3.63, 3.8) is 0 Å². The van der Waals surface area contributed by atoms with E-state index in [1.165, 1.54) is 18.2 Å². The topological polar surface area (TPSA) is 126 Å². The van der Waals surface area contributed by atoms with Crippen molar-refractivity contribution >= 4 is 11.7 Å². The van der Waals surface area contributed by atoms with E-state index < -0.39 is 29.1 Å². The average Bonchev–Trinajstić information content (AvgIpc) is 3.24. The molecule has 0 bridgehead atoms. The molecule has 0 spiro atoms. The highest BCUT2D eigenvalue weighted by atomic mass is 19.1. The van der Waals surface area contributed by atoms with Gasteiger partial charge in [-0.1, -0.05) is 12.1 Å². The molecular formula is C23H21F2N5O4. The van der Waals surface area contributed by atoms with Crippen LogP contribution in [0.5, 0.6) is 34.8 Å². The Morgan fingerprint density at radius 3 is 2.50 bits per heavy atom. The van der Waals surface area contributed by atoms with Gasteiger partial charge in [0, 0.05) is 24.7 Å². The molecule has 34 heavy (non-hydrogen) atoms. The molecule has 0 fully saturated rings. The first-order valence-electron chi connectivity index (χ1n) is 10.1. The summed E-state index contributed by atoms with van der Waals surface area (Å²) in [5, 5.41) is 17.6.